The molecule has 116 valence electrons. The van der Waals surface area contributed by atoms with E-state index in [4.69, 9.17) is 4.74 Å². The first-order valence-electron chi connectivity index (χ1n) is 7.77. The summed E-state index contributed by atoms with van der Waals surface area (Å²) in [6.07, 6.45) is 3.72. The molecule has 3 atom stereocenters. The van der Waals surface area contributed by atoms with Gasteiger partial charge in [-0.2, -0.15) is 0 Å². The van der Waals surface area contributed by atoms with E-state index in [1.807, 2.05) is 24.3 Å². The lowest BCUT2D eigenvalue weighted by atomic mass is 9.78. The fourth-order valence-corrected chi connectivity index (χ4v) is 2.97. The van der Waals surface area contributed by atoms with Gasteiger partial charge in [0.15, 0.2) is 0 Å². The van der Waals surface area contributed by atoms with Crippen molar-refractivity contribution in [3.8, 4) is 5.75 Å². The number of rotatable bonds is 5. The van der Waals surface area contributed by atoms with Gasteiger partial charge in [0.25, 0.3) is 0 Å². The molecule has 1 aromatic rings. The molecule has 0 aromatic heterocycles. The Kier molecular flexibility index (Phi) is 5.62. The molecule has 0 radical (unpaired) electrons. The maximum Gasteiger partial charge on any atom is 0.238 e. The number of hydrogen-bond donors (Lipinski definition) is 2. The standard InChI is InChI=1S/C17H26N2O2/c1-12-5-4-6-16(13(12)2)18-11-17(20)19-14-7-9-15(21-3)10-8-14/h7-10,12-13,16,18H,4-6,11H2,1-3H3,(H,19,20). The van der Waals surface area contributed by atoms with Crippen molar-refractivity contribution in [3.63, 3.8) is 0 Å². The highest BCUT2D eigenvalue weighted by atomic mass is 16.5. The number of nitrogens with one attached hydrogen (secondary N) is 2. The van der Waals surface area contributed by atoms with Crippen molar-refractivity contribution in [1.82, 2.24) is 5.32 Å². The van der Waals surface area contributed by atoms with E-state index in [9.17, 15) is 4.79 Å². The summed E-state index contributed by atoms with van der Waals surface area (Å²) in [5.41, 5.74) is 0.799. The van der Waals surface area contributed by atoms with Gasteiger partial charge in [-0.25, -0.2) is 0 Å². The van der Waals surface area contributed by atoms with Crippen LogP contribution in [-0.4, -0.2) is 25.6 Å². The Morgan fingerprint density at radius 2 is 1.95 bits per heavy atom. The third-order valence-electron chi connectivity index (χ3n) is 4.61. The SMILES string of the molecule is COc1ccc(NC(=O)CNC2CCCC(C)C2C)cc1. The Bertz CT molecular complexity index is 458. The van der Waals surface area contributed by atoms with E-state index in [1.165, 1.54) is 19.3 Å². The molecule has 0 heterocycles. The number of benzene rings is 1. The number of ether oxygens (including phenoxy) is 1. The van der Waals surface area contributed by atoms with Crippen molar-refractivity contribution in [3.05, 3.63) is 24.3 Å². The maximum atomic E-state index is 12.0. The molecular weight excluding hydrogens is 264 g/mol. The molecule has 1 amide bonds. The lowest BCUT2D eigenvalue weighted by Crippen LogP contribution is -2.43. The highest BCUT2D eigenvalue weighted by molar-refractivity contribution is 5.92. The molecule has 1 fully saturated rings. The van der Waals surface area contributed by atoms with E-state index in [2.05, 4.69) is 24.5 Å². The molecule has 0 spiro atoms. The molecule has 3 unspecified atom stereocenters. The normalized spacial score (nSPS) is 25.4. The Morgan fingerprint density at radius 1 is 1.24 bits per heavy atom. The van der Waals surface area contributed by atoms with Gasteiger partial charge < -0.3 is 15.4 Å². The van der Waals surface area contributed by atoms with Crippen LogP contribution in [0.15, 0.2) is 24.3 Å². The van der Waals surface area contributed by atoms with Gasteiger partial charge in [0, 0.05) is 11.7 Å². The zero-order valence-electron chi connectivity index (χ0n) is 13.2. The molecule has 2 rings (SSSR count). The Hall–Kier alpha value is -1.55. The van der Waals surface area contributed by atoms with Gasteiger partial charge in [0.05, 0.1) is 13.7 Å². The lowest BCUT2D eigenvalue weighted by molar-refractivity contribution is -0.115. The molecule has 1 aromatic carbocycles. The monoisotopic (exact) mass is 290 g/mol. The van der Waals surface area contributed by atoms with Crippen LogP contribution in [0, 0.1) is 11.8 Å². The van der Waals surface area contributed by atoms with Gasteiger partial charge in [0.1, 0.15) is 5.75 Å². The van der Waals surface area contributed by atoms with Crippen LogP contribution < -0.4 is 15.4 Å². The van der Waals surface area contributed by atoms with E-state index in [1.54, 1.807) is 7.11 Å². The van der Waals surface area contributed by atoms with Crippen LogP contribution in [0.4, 0.5) is 5.69 Å². The molecule has 0 saturated heterocycles. The zero-order valence-corrected chi connectivity index (χ0v) is 13.2. The van der Waals surface area contributed by atoms with Crippen LogP contribution >= 0.6 is 0 Å². The lowest BCUT2D eigenvalue weighted by Gasteiger charge is -2.34. The summed E-state index contributed by atoms with van der Waals surface area (Å²) in [6, 6.07) is 7.83. The number of hydrogen-bond acceptors (Lipinski definition) is 3. The van der Waals surface area contributed by atoms with Gasteiger partial charge in [-0.3, -0.25) is 4.79 Å². The van der Waals surface area contributed by atoms with Gasteiger partial charge in [-0.1, -0.05) is 26.7 Å². The predicted molar refractivity (Wildman–Crippen MR) is 85.6 cm³/mol. The minimum absolute atomic E-state index is 0.00518. The zero-order chi connectivity index (χ0) is 15.2. The Balaban J connectivity index is 1.78. The first kappa shape index (κ1) is 15.8. The summed E-state index contributed by atoms with van der Waals surface area (Å²) < 4.78 is 5.10. The second-order valence-corrected chi connectivity index (χ2v) is 6.03. The fourth-order valence-electron chi connectivity index (χ4n) is 2.97. The van der Waals surface area contributed by atoms with E-state index < -0.39 is 0 Å². The summed E-state index contributed by atoms with van der Waals surface area (Å²) in [6.45, 7) is 4.95. The van der Waals surface area contributed by atoms with Crippen LogP contribution in [0.1, 0.15) is 33.1 Å². The quantitative estimate of drug-likeness (QED) is 0.876. The third-order valence-corrected chi connectivity index (χ3v) is 4.61. The van der Waals surface area contributed by atoms with Gasteiger partial charge >= 0.3 is 0 Å². The molecule has 1 aliphatic rings. The predicted octanol–water partition coefficient (Wildman–Crippen LogP) is 3.05. The van der Waals surface area contributed by atoms with Crippen LogP contribution in [-0.2, 0) is 4.79 Å². The van der Waals surface area contributed by atoms with E-state index in [-0.39, 0.29) is 5.91 Å². The number of carbonyl (C=O) groups is 1. The number of methoxy groups -OCH3 is 1. The van der Waals surface area contributed by atoms with Crippen LogP contribution in [0.25, 0.3) is 0 Å². The first-order chi connectivity index (χ1) is 10.1. The summed E-state index contributed by atoms with van der Waals surface area (Å²) >= 11 is 0. The van der Waals surface area contributed by atoms with Crippen LogP contribution in [0.3, 0.4) is 0 Å². The molecule has 1 aliphatic carbocycles. The molecule has 0 bridgehead atoms. The van der Waals surface area contributed by atoms with E-state index in [0.29, 0.717) is 18.5 Å². The maximum absolute atomic E-state index is 12.0. The summed E-state index contributed by atoms with van der Waals surface area (Å²) in [5.74, 6) is 2.16. The smallest absolute Gasteiger partial charge is 0.238 e. The highest BCUT2D eigenvalue weighted by Crippen LogP contribution is 2.29. The molecule has 4 nitrogen and oxygen atoms in total. The summed E-state index contributed by atoms with van der Waals surface area (Å²) in [5, 5.41) is 6.31. The van der Waals surface area contributed by atoms with Crippen molar-refractivity contribution < 1.29 is 9.53 Å². The average molecular weight is 290 g/mol. The topological polar surface area (TPSA) is 50.4 Å². The van der Waals surface area contributed by atoms with Crippen molar-refractivity contribution in [1.29, 1.82) is 0 Å². The second-order valence-electron chi connectivity index (χ2n) is 6.03. The average Bonchev–Trinajstić information content (AvgIpc) is 2.49. The van der Waals surface area contributed by atoms with E-state index >= 15 is 0 Å². The van der Waals surface area contributed by atoms with Gasteiger partial charge in [-0.15, -0.1) is 0 Å². The van der Waals surface area contributed by atoms with Crippen molar-refractivity contribution >= 4 is 11.6 Å². The van der Waals surface area contributed by atoms with Crippen molar-refractivity contribution in [2.45, 2.75) is 39.2 Å². The minimum Gasteiger partial charge on any atom is -0.497 e. The first-order valence-corrected chi connectivity index (χ1v) is 7.77. The van der Waals surface area contributed by atoms with Crippen LogP contribution in [0.5, 0.6) is 5.75 Å². The van der Waals surface area contributed by atoms with Crippen LogP contribution in [0.2, 0.25) is 0 Å². The van der Waals surface area contributed by atoms with Gasteiger partial charge in [0.2, 0.25) is 5.91 Å². The Labute approximate surface area is 127 Å². The van der Waals surface area contributed by atoms with Crippen molar-refractivity contribution in [2.24, 2.45) is 11.8 Å². The largest absolute Gasteiger partial charge is 0.497 e. The second kappa shape index (κ2) is 7.46. The van der Waals surface area contributed by atoms with Gasteiger partial charge in [-0.05, 0) is 42.5 Å². The molecule has 21 heavy (non-hydrogen) atoms. The minimum atomic E-state index is 0.00518. The molecule has 0 aliphatic heterocycles. The molecule has 4 heteroatoms. The Morgan fingerprint density at radius 3 is 2.62 bits per heavy atom. The van der Waals surface area contributed by atoms with Crippen molar-refractivity contribution in [2.75, 3.05) is 19.0 Å². The molecule has 1 saturated carbocycles. The highest BCUT2D eigenvalue weighted by Gasteiger charge is 2.26. The van der Waals surface area contributed by atoms with E-state index in [0.717, 1.165) is 17.4 Å². The molecular formula is C17H26N2O2. The fraction of sp³-hybridized carbons (Fsp3) is 0.588. The number of anilines is 1. The number of amides is 1. The summed E-state index contributed by atoms with van der Waals surface area (Å²) in [7, 11) is 1.63. The third kappa shape index (κ3) is 4.46. The summed E-state index contributed by atoms with van der Waals surface area (Å²) in [4.78, 5) is 12.0. The number of carbonyl (C=O) groups excluding carboxylic acids is 1. The molecule has 2 N–H and O–H groups in total.